The van der Waals surface area contributed by atoms with Gasteiger partial charge in [0.05, 0.1) is 20.1 Å². The van der Waals surface area contributed by atoms with Crippen LogP contribution in [0.3, 0.4) is 0 Å². The van der Waals surface area contributed by atoms with Crippen LogP contribution in [0.2, 0.25) is 0 Å². The third-order valence-electron chi connectivity index (χ3n) is 1.58. The van der Waals surface area contributed by atoms with Gasteiger partial charge in [-0.2, -0.15) is 0 Å². The molecule has 0 aliphatic heterocycles. The molecule has 1 atom stereocenters. The highest BCUT2D eigenvalue weighted by molar-refractivity contribution is 4.36. The maximum absolute atomic E-state index is 3.29. The Morgan fingerprint density at radius 1 is 1.33 bits per heavy atom. The van der Waals surface area contributed by atoms with Crippen LogP contribution in [-0.4, -0.2) is 33.2 Å². The Hall–Kier alpha value is -0.0800. The Labute approximate surface area is 58.2 Å². The van der Waals surface area contributed by atoms with Crippen LogP contribution in [0.4, 0.5) is 0 Å². The molecule has 0 spiro atoms. The van der Waals surface area contributed by atoms with Crippen molar-refractivity contribution in [3.8, 4) is 0 Å². The molecule has 0 aromatic carbocycles. The second-order valence-corrected chi connectivity index (χ2v) is 2.41. The average molecular weight is 131 g/mol. The van der Waals surface area contributed by atoms with Crippen LogP contribution in [0, 0.1) is 0 Å². The molecule has 2 N–H and O–H groups in total. The minimum absolute atomic E-state index is 1.09. The van der Waals surface area contributed by atoms with Crippen LogP contribution in [0.1, 0.15) is 13.8 Å². The van der Waals surface area contributed by atoms with Gasteiger partial charge < -0.3 is 10.2 Å². The van der Waals surface area contributed by atoms with Gasteiger partial charge >= 0.3 is 0 Å². The Balaban J connectivity index is 2.88. The largest absolute Gasteiger partial charge is 0.337 e. The predicted molar refractivity (Wildman–Crippen MR) is 40.8 cm³/mol. The first-order valence-electron chi connectivity index (χ1n) is 3.83. The van der Waals surface area contributed by atoms with Crippen molar-refractivity contribution in [1.82, 2.24) is 5.32 Å². The van der Waals surface area contributed by atoms with Crippen LogP contribution in [0.15, 0.2) is 0 Å². The van der Waals surface area contributed by atoms with Gasteiger partial charge in [0.2, 0.25) is 0 Å². The summed E-state index contributed by atoms with van der Waals surface area (Å²) >= 11 is 0. The maximum Gasteiger partial charge on any atom is 0.0895 e. The molecule has 0 aromatic heterocycles. The minimum atomic E-state index is 1.09. The molecule has 0 aliphatic carbocycles. The number of hydrogen-bond acceptors (Lipinski definition) is 1. The lowest BCUT2D eigenvalue weighted by atomic mass is 10.5. The summed E-state index contributed by atoms with van der Waals surface area (Å²) in [5, 5.41) is 3.29. The Morgan fingerprint density at radius 3 is 2.44 bits per heavy atom. The Morgan fingerprint density at radius 2 is 2.00 bits per heavy atom. The fourth-order valence-corrected chi connectivity index (χ4v) is 0.655. The summed E-state index contributed by atoms with van der Waals surface area (Å²) < 4.78 is 0. The summed E-state index contributed by atoms with van der Waals surface area (Å²) in [5.74, 6) is 0. The van der Waals surface area contributed by atoms with E-state index in [1.165, 1.54) is 13.1 Å². The molecule has 0 amide bonds. The summed E-state index contributed by atoms with van der Waals surface area (Å²) in [4.78, 5) is 1.59. The molecule has 2 heteroatoms. The number of likely N-dealkylation sites (N-methyl/N-ethyl adjacent to an activating group) is 2. The van der Waals surface area contributed by atoms with Gasteiger partial charge in [0, 0.05) is 6.54 Å². The van der Waals surface area contributed by atoms with Crippen molar-refractivity contribution in [2.75, 3.05) is 33.2 Å². The molecule has 0 rings (SSSR count). The number of rotatable bonds is 5. The first-order valence-corrected chi connectivity index (χ1v) is 3.83. The molecule has 0 aromatic rings. The fourth-order valence-electron chi connectivity index (χ4n) is 0.655. The zero-order valence-electron chi connectivity index (χ0n) is 6.83. The average Bonchev–Trinajstić information content (AvgIpc) is 1.89. The smallest absolute Gasteiger partial charge is 0.0895 e. The molecule has 0 fully saturated rings. The summed E-state index contributed by atoms with van der Waals surface area (Å²) in [7, 11) is 2.22. The molecule has 56 valence electrons. The van der Waals surface area contributed by atoms with E-state index in [1.54, 1.807) is 4.90 Å². The van der Waals surface area contributed by atoms with Crippen molar-refractivity contribution < 1.29 is 4.90 Å². The molecule has 2 nitrogen and oxygen atoms in total. The molecule has 0 aliphatic rings. The lowest BCUT2D eigenvalue weighted by molar-refractivity contribution is -0.876. The van der Waals surface area contributed by atoms with Crippen LogP contribution in [0.25, 0.3) is 0 Å². The van der Waals surface area contributed by atoms with Gasteiger partial charge in [0.1, 0.15) is 0 Å². The van der Waals surface area contributed by atoms with Crippen LogP contribution in [0.5, 0.6) is 0 Å². The van der Waals surface area contributed by atoms with Gasteiger partial charge in [-0.05, 0) is 13.5 Å². The van der Waals surface area contributed by atoms with Gasteiger partial charge in [-0.3, -0.25) is 0 Å². The van der Waals surface area contributed by atoms with Crippen molar-refractivity contribution in [1.29, 1.82) is 0 Å². The molecule has 0 radical (unpaired) electrons. The SMILES string of the molecule is CCNCC[NH+](C)CC. The summed E-state index contributed by atoms with van der Waals surface area (Å²) in [6, 6.07) is 0. The molecule has 0 saturated heterocycles. The molecular formula is C7H19N2+. The van der Waals surface area contributed by atoms with E-state index >= 15 is 0 Å². The number of nitrogens with one attached hydrogen (secondary N) is 2. The standard InChI is InChI=1S/C7H18N2/c1-4-8-6-7-9(3)5-2/h8H,4-7H2,1-3H3/p+1. The van der Waals surface area contributed by atoms with Crippen LogP contribution < -0.4 is 10.2 Å². The number of hydrogen-bond donors (Lipinski definition) is 2. The van der Waals surface area contributed by atoms with E-state index in [0.717, 1.165) is 13.1 Å². The number of quaternary nitrogens is 1. The van der Waals surface area contributed by atoms with Crippen LogP contribution >= 0.6 is 0 Å². The molecular weight excluding hydrogens is 112 g/mol. The van der Waals surface area contributed by atoms with Crippen molar-refractivity contribution in [2.24, 2.45) is 0 Å². The van der Waals surface area contributed by atoms with E-state index in [2.05, 4.69) is 26.2 Å². The van der Waals surface area contributed by atoms with E-state index in [1.807, 2.05) is 0 Å². The monoisotopic (exact) mass is 131 g/mol. The van der Waals surface area contributed by atoms with E-state index in [9.17, 15) is 0 Å². The summed E-state index contributed by atoms with van der Waals surface area (Å²) in [6.45, 7) is 9.06. The van der Waals surface area contributed by atoms with Gasteiger partial charge in [-0.25, -0.2) is 0 Å². The molecule has 0 heterocycles. The quantitative estimate of drug-likeness (QED) is 0.464. The van der Waals surface area contributed by atoms with Gasteiger partial charge in [0.15, 0.2) is 0 Å². The molecule has 0 saturated carbocycles. The third kappa shape index (κ3) is 5.80. The lowest BCUT2D eigenvalue weighted by Crippen LogP contribution is -3.09. The maximum atomic E-state index is 3.29. The van der Waals surface area contributed by atoms with Gasteiger partial charge in [0.25, 0.3) is 0 Å². The topological polar surface area (TPSA) is 16.5 Å². The zero-order valence-corrected chi connectivity index (χ0v) is 6.83. The minimum Gasteiger partial charge on any atom is -0.337 e. The zero-order chi connectivity index (χ0) is 7.11. The summed E-state index contributed by atoms with van der Waals surface area (Å²) in [6.07, 6.45) is 0. The highest BCUT2D eigenvalue weighted by Crippen LogP contribution is 1.51. The van der Waals surface area contributed by atoms with E-state index in [-0.39, 0.29) is 0 Å². The van der Waals surface area contributed by atoms with Crippen molar-refractivity contribution >= 4 is 0 Å². The second-order valence-electron chi connectivity index (χ2n) is 2.41. The normalized spacial score (nSPS) is 13.7. The summed E-state index contributed by atoms with van der Waals surface area (Å²) in [5.41, 5.74) is 0. The Kier molecular flexibility index (Phi) is 5.99. The molecule has 1 unspecified atom stereocenters. The molecule has 9 heavy (non-hydrogen) atoms. The highest BCUT2D eigenvalue weighted by atomic mass is 15.1. The van der Waals surface area contributed by atoms with Gasteiger partial charge in [-0.1, -0.05) is 6.92 Å². The van der Waals surface area contributed by atoms with E-state index < -0.39 is 0 Å². The van der Waals surface area contributed by atoms with Crippen molar-refractivity contribution in [3.63, 3.8) is 0 Å². The van der Waals surface area contributed by atoms with Gasteiger partial charge in [-0.15, -0.1) is 0 Å². The third-order valence-corrected chi connectivity index (χ3v) is 1.58. The fraction of sp³-hybridized carbons (Fsp3) is 1.00. The second kappa shape index (κ2) is 6.05. The first kappa shape index (κ1) is 8.92. The first-order chi connectivity index (χ1) is 4.31. The van der Waals surface area contributed by atoms with Crippen molar-refractivity contribution in [3.05, 3.63) is 0 Å². The predicted octanol–water partition coefficient (Wildman–Crippen LogP) is -0.869. The highest BCUT2D eigenvalue weighted by Gasteiger charge is 1.93. The lowest BCUT2D eigenvalue weighted by Gasteiger charge is -2.10. The molecule has 0 bridgehead atoms. The Bertz CT molecular complexity index is 54.9. The van der Waals surface area contributed by atoms with E-state index in [0.29, 0.717) is 0 Å². The van der Waals surface area contributed by atoms with Crippen LogP contribution in [-0.2, 0) is 0 Å². The van der Waals surface area contributed by atoms with Crippen molar-refractivity contribution in [2.45, 2.75) is 13.8 Å². The van der Waals surface area contributed by atoms with E-state index in [4.69, 9.17) is 0 Å².